The summed E-state index contributed by atoms with van der Waals surface area (Å²) < 4.78 is 14.7. The predicted molar refractivity (Wildman–Crippen MR) is 92.9 cm³/mol. The number of fused-ring (bicyclic) bond motifs is 4. The van der Waals surface area contributed by atoms with Gasteiger partial charge in [0.25, 0.3) is 0 Å². The number of carbonyl (C=O) groups excluding carboxylic acids is 3. The van der Waals surface area contributed by atoms with E-state index in [2.05, 4.69) is 12.2 Å². The van der Waals surface area contributed by atoms with E-state index in [4.69, 9.17) is 0 Å². The van der Waals surface area contributed by atoms with Crippen molar-refractivity contribution in [3.8, 4) is 0 Å². The molecule has 7 heteroatoms. The van der Waals surface area contributed by atoms with E-state index in [-0.39, 0.29) is 18.2 Å². The molecule has 1 aromatic rings. The number of rotatable bonds is 0. The second-order valence-electron chi connectivity index (χ2n) is 7.93. The van der Waals surface area contributed by atoms with E-state index in [0.717, 1.165) is 11.3 Å². The minimum atomic E-state index is -1.41. The first-order valence-corrected chi connectivity index (χ1v) is 8.95. The number of halogens is 1. The van der Waals surface area contributed by atoms with E-state index < -0.39 is 29.3 Å². The van der Waals surface area contributed by atoms with E-state index >= 15 is 0 Å². The minimum absolute atomic E-state index is 0.00260. The Morgan fingerprint density at radius 2 is 1.96 bits per heavy atom. The Bertz CT molecular complexity index is 826. The number of hydrogen-bond acceptors (Lipinski definition) is 4. The monoisotopic (exact) mass is 359 g/mol. The maximum atomic E-state index is 14.7. The number of carbonyl (C=O) groups is 3. The Labute approximate surface area is 151 Å². The van der Waals surface area contributed by atoms with Gasteiger partial charge in [-0.3, -0.25) is 19.8 Å². The van der Waals surface area contributed by atoms with Gasteiger partial charge in [-0.15, -0.1) is 0 Å². The van der Waals surface area contributed by atoms with Crippen LogP contribution < -0.4 is 10.2 Å². The van der Waals surface area contributed by atoms with Gasteiger partial charge in [-0.1, -0.05) is 26.0 Å². The topological polar surface area (TPSA) is 69.7 Å². The molecule has 6 nitrogen and oxygen atoms in total. The molecule has 26 heavy (non-hydrogen) atoms. The summed E-state index contributed by atoms with van der Waals surface area (Å²) in [5.41, 5.74) is -0.293. The van der Waals surface area contributed by atoms with Crippen molar-refractivity contribution in [1.29, 1.82) is 0 Å². The third-order valence-corrected chi connectivity index (χ3v) is 6.11. The number of benzene rings is 1. The summed E-state index contributed by atoms with van der Waals surface area (Å²) in [5.74, 6) is -1.10. The first kappa shape index (κ1) is 17.0. The van der Waals surface area contributed by atoms with Crippen LogP contribution in [0.15, 0.2) is 18.2 Å². The largest absolute Gasteiger partial charge is 0.364 e. The summed E-state index contributed by atoms with van der Waals surface area (Å²) in [6, 6.07) is 3.58. The predicted octanol–water partition coefficient (Wildman–Crippen LogP) is 1.93. The second kappa shape index (κ2) is 5.53. The van der Waals surface area contributed by atoms with Gasteiger partial charge >= 0.3 is 6.03 Å². The standard InChI is InChI=1S/C19H22FN3O3/c1-10-7-11(2)15-19(16(24)21-18(26)22(3)17(19)25)8-12-5-4-6-13(20)14(12)23(15)9-10/h4-6,10-11,15H,7-9H2,1-3H3,(H,21,24,26)/t10-,11+,15+,19-/m1/s1. The van der Waals surface area contributed by atoms with Gasteiger partial charge in [-0.05, 0) is 36.3 Å². The van der Waals surface area contributed by atoms with E-state index in [1.54, 1.807) is 12.1 Å². The van der Waals surface area contributed by atoms with Gasteiger partial charge in [0.15, 0.2) is 5.41 Å². The molecule has 3 aliphatic heterocycles. The van der Waals surface area contributed by atoms with Crippen molar-refractivity contribution in [3.05, 3.63) is 29.6 Å². The van der Waals surface area contributed by atoms with E-state index in [9.17, 15) is 18.8 Å². The molecule has 1 aromatic carbocycles. The molecule has 4 rings (SSSR count). The SMILES string of the molecule is C[C@@H]1C[C@H](C)[C@@H]2N(C1)c1c(F)cccc1C[C@]21C(=O)NC(=O)N(C)C1=O. The Morgan fingerprint density at radius 1 is 1.23 bits per heavy atom. The second-order valence-corrected chi connectivity index (χ2v) is 7.93. The average molecular weight is 359 g/mol. The van der Waals surface area contributed by atoms with Crippen LogP contribution in [0.3, 0.4) is 0 Å². The van der Waals surface area contributed by atoms with E-state index in [1.165, 1.54) is 13.1 Å². The molecular weight excluding hydrogens is 337 g/mol. The van der Waals surface area contributed by atoms with Gasteiger partial charge < -0.3 is 4.90 Å². The van der Waals surface area contributed by atoms with Crippen molar-refractivity contribution in [2.24, 2.45) is 17.3 Å². The molecule has 3 aliphatic rings. The van der Waals surface area contributed by atoms with Crippen LogP contribution in [-0.2, 0) is 16.0 Å². The Kier molecular flexibility index (Phi) is 3.61. The summed E-state index contributed by atoms with van der Waals surface area (Å²) in [4.78, 5) is 41.0. The maximum absolute atomic E-state index is 14.7. The smallest absolute Gasteiger partial charge is 0.330 e. The lowest BCUT2D eigenvalue weighted by Crippen LogP contribution is -2.73. The number of anilines is 1. The number of urea groups is 1. The van der Waals surface area contributed by atoms with Crippen LogP contribution in [0.2, 0.25) is 0 Å². The van der Waals surface area contributed by atoms with Crippen molar-refractivity contribution in [3.63, 3.8) is 0 Å². The van der Waals surface area contributed by atoms with Crippen LogP contribution >= 0.6 is 0 Å². The highest BCUT2D eigenvalue weighted by Crippen LogP contribution is 2.50. The molecule has 4 amide bonds. The van der Waals surface area contributed by atoms with Crippen LogP contribution in [0.4, 0.5) is 14.9 Å². The highest BCUT2D eigenvalue weighted by molar-refractivity contribution is 6.20. The third kappa shape index (κ3) is 2.06. The number of para-hydroxylation sites is 1. The lowest BCUT2D eigenvalue weighted by molar-refractivity contribution is -0.154. The molecule has 0 unspecified atom stereocenters. The molecule has 1 spiro atoms. The zero-order chi connectivity index (χ0) is 18.8. The first-order valence-electron chi connectivity index (χ1n) is 8.95. The molecule has 4 atom stereocenters. The number of hydrogen-bond donors (Lipinski definition) is 1. The summed E-state index contributed by atoms with van der Waals surface area (Å²) >= 11 is 0. The van der Waals surface area contributed by atoms with Crippen LogP contribution in [0, 0.1) is 23.1 Å². The summed E-state index contributed by atoms with van der Waals surface area (Å²) in [6.45, 7) is 4.66. The van der Waals surface area contributed by atoms with Crippen molar-refractivity contribution < 1.29 is 18.8 Å². The molecule has 3 heterocycles. The Hall–Kier alpha value is -2.44. The normalized spacial score (nSPS) is 33.8. The van der Waals surface area contributed by atoms with Crippen LogP contribution in [0.1, 0.15) is 25.8 Å². The Morgan fingerprint density at radius 3 is 2.69 bits per heavy atom. The molecule has 0 aromatic heterocycles. The maximum Gasteiger partial charge on any atom is 0.330 e. The average Bonchev–Trinajstić information content (AvgIpc) is 2.57. The first-order chi connectivity index (χ1) is 12.3. The van der Waals surface area contributed by atoms with Crippen molar-refractivity contribution >= 4 is 23.5 Å². The fourth-order valence-corrected chi connectivity index (χ4v) is 5.20. The lowest BCUT2D eigenvalue weighted by atomic mass is 9.62. The van der Waals surface area contributed by atoms with Crippen molar-refractivity contribution in [2.75, 3.05) is 18.5 Å². The van der Waals surface area contributed by atoms with Crippen LogP contribution in [0.5, 0.6) is 0 Å². The molecule has 2 saturated heterocycles. The quantitative estimate of drug-likeness (QED) is 0.719. The molecule has 138 valence electrons. The highest BCUT2D eigenvalue weighted by Gasteiger charge is 2.63. The van der Waals surface area contributed by atoms with Crippen LogP contribution in [-0.4, -0.2) is 42.4 Å². The zero-order valence-electron chi connectivity index (χ0n) is 15.1. The van der Waals surface area contributed by atoms with E-state index in [1.807, 2.05) is 11.8 Å². The van der Waals surface area contributed by atoms with E-state index in [0.29, 0.717) is 23.7 Å². The summed E-state index contributed by atoms with van der Waals surface area (Å²) in [6.07, 6.45) is 0.938. The lowest BCUT2D eigenvalue weighted by Gasteiger charge is -2.56. The number of amides is 4. The molecule has 0 aliphatic carbocycles. The van der Waals surface area contributed by atoms with Crippen molar-refractivity contribution in [2.45, 2.75) is 32.7 Å². The van der Waals surface area contributed by atoms with Gasteiger partial charge in [-0.2, -0.15) is 0 Å². The highest BCUT2D eigenvalue weighted by atomic mass is 19.1. The number of imide groups is 2. The number of piperidine rings is 1. The molecular formula is C19H22FN3O3. The van der Waals surface area contributed by atoms with Gasteiger partial charge in [0.2, 0.25) is 11.8 Å². The van der Waals surface area contributed by atoms with Crippen molar-refractivity contribution in [1.82, 2.24) is 10.2 Å². The summed E-state index contributed by atoms with van der Waals surface area (Å²) in [5, 5.41) is 2.34. The fraction of sp³-hybridized carbons (Fsp3) is 0.526. The number of nitrogens with one attached hydrogen (secondary N) is 1. The number of nitrogens with zero attached hydrogens (tertiary/aromatic N) is 2. The zero-order valence-corrected chi connectivity index (χ0v) is 15.1. The third-order valence-electron chi connectivity index (χ3n) is 6.11. The fourth-order valence-electron chi connectivity index (χ4n) is 5.20. The van der Waals surface area contributed by atoms with Gasteiger partial charge in [0.1, 0.15) is 5.82 Å². The van der Waals surface area contributed by atoms with Gasteiger partial charge in [0, 0.05) is 13.6 Å². The molecule has 1 N–H and O–H groups in total. The van der Waals surface area contributed by atoms with Gasteiger partial charge in [0.05, 0.1) is 11.7 Å². The van der Waals surface area contributed by atoms with Gasteiger partial charge in [-0.25, -0.2) is 9.18 Å². The molecule has 2 fully saturated rings. The minimum Gasteiger partial charge on any atom is -0.364 e. The molecule has 0 radical (unpaired) electrons. The Balaban J connectivity index is 1.95. The molecule has 0 bridgehead atoms. The number of barbiturate groups is 1. The van der Waals surface area contributed by atoms with Crippen LogP contribution in [0.25, 0.3) is 0 Å². The summed E-state index contributed by atoms with van der Waals surface area (Å²) in [7, 11) is 1.38. The molecule has 0 saturated carbocycles.